The lowest BCUT2D eigenvalue weighted by molar-refractivity contribution is -0.172. The molecule has 1 aromatic carbocycles. The van der Waals surface area contributed by atoms with Crippen molar-refractivity contribution in [3.05, 3.63) is 47.0 Å². The Bertz CT molecular complexity index is 1400. The highest BCUT2D eigenvalue weighted by Gasteiger charge is 2.64. The first-order chi connectivity index (χ1) is 20.9. The van der Waals surface area contributed by atoms with E-state index in [1.165, 1.54) is 28.8 Å². The Morgan fingerprint density at radius 2 is 1.62 bits per heavy atom. The van der Waals surface area contributed by atoms with Gasteiger partial charge in [0.15, 0.2) is 0 Å². The topological polar surface area (TPSA) is 96.3 Å². The predicted molar refractivity (Wildman–Crippen MR) is 149 cm³/mol. The van der Waals surface area contributed by atoms with E-state index < -0.39 is 83.9 Å². The molecule has 1 unspecified atom stereocenters. The van der Waals surface area contributed by atoms with Gasteiger partial charge in [0.25, 0.3) is 5.91 Å². The third-order valence-corrected chi connectivity index (χ3v) is 7.90. The van der Waals surface area contributed by atoms with E-state index in [4.69, 9.17) is 0 Å². The lowest BCUT2D eigenvalue weighted by Crippen LogP contribution is -2.38. The molecule has 252 valence electrons. The number of nitrogens with zero attached hydrogens (tertiary/aromatic N) is 3. The number of anilines is 1. The second-order valence-corrected chi connectivity index (χ2v) is 11.6. The van der Waals surface area contributed by atoms with Crippen LogP contribution >= 0.6 is 0 Å². The molecular weight excluding hydrogens is 618 g/mol. The third-order valence-electron chi connectivity index (χ3n) is 7.90. The van der Waals surface area contributed by atoms with Crippen LogP contribution in [-0.2, 0) is 22.3 Å². The molecule has 3 aliphatic rings. The van der Waals surface area contributed by atoms with Crippen LogP contribution in [0.4, 0.5) is 40.8 Å². The Labute approximate surface area is 256 Å². The predicted octanol–water partition coefficient (Wildman–Crippen LogP) is 6.33. The molecule has 3 amide bonds. The van der Waals surface area contributed by atoms with Crippen LogP contribution in [0.1, 0.15) is 76.3 Å². The molecule has 8 nitrogen and oxygen atoms in total. The van der Waals surface area contributed by atoms with Crippen LogP contribution in [0.15, 0.2) is 24.4 Å². The number of aryl methyl sites for hydroxylation is 1. The van der Waals surface area contributed by atoms with Gasteiger partial charge in [0.1, 0.15) is 11.5 Å². The molecule has 2 saturated carbocycles. The van der Waals surface area contributed by atoms with Crippen molar-refractivity contribution in [2.24, 2.45) is 11.8 Å². The SMILES string of the molecule is C1CC1CC1CC1.CCn1nccc1C(=O)NCC(=O)Nc1cc(C(F)(F)F)c(C(C)C(=O)N2CC(F)(F)C(F)(F)C2)cc1F.[HH].[HH]. The highest BCUT2D eigenvalue weighted by atomic mass is 19.4. The molecule has 2 aromatic rings. The van der Waals surface area contributed by atoms with E-state index in [9.17, 15) is 49.5 Å². The summed E-state index contributed by atoms with van der Waals surface area (Å²) < 4.78 is 111. The molecule has 3 fully saturated rings. The van der Waals surface area contributed by atoms with Crippen molar-refractivity contribution in [3.8, 4) is 0 Å². The summed E-state index contributed by atoms with van der Waals surface area (Å²) in [5.74, 6) is -13.5. The van der Waals surface area contributed by atoms with E-state index >= 15 is 0 Å². The normalized spacial score (nSPS) is 19.4. The lowest BCUT2D eigenvalue weighted by Gasteiger charge is -2.23. The molecular formula is C29H37F8N5O3. The molecule has 0 radical (unpaired) electrons. The molecule has 1 aromatic heterocycles. The van der Waals surface area contributed by atoms with Crippen molar-refractivity contribution in [1.29, 1.82) is 0 Å². The van der Waals surface area contributed by atoms with Gasteiger partial charge in [-0.3, -0.25) is 19.1 Å². The van der Waals surface area contributed by atoms with Crippen LogP contribution < -0.4 is 10.6 Å². The van der Waals surface area contributed by atoms with Gasteiger partial charge in [-0.2, -0.15) is 35.8 Å². The number of rotatable bonds is 9. The van der Waals surface area contributed by atoms with Gasteiger partial charge in [0.05, 0.1) is 36.8 Å². The summed E-state index contributed by atoms with van der Waals surface area (Å²) in [5, 5.41) is 7.95. The van der Waals surface area contributed by atoms with Crippen molar-refractivity contribution in [2.45, 2.75) is 76.4 Å². The van der Waals surface area contributed by atoms with Crippen molar-refractivity contribution < 1.29 is 52.4 Å². The quantitative estimate of drug-likeness (QED) is 0.309. The van der Waals surface area contributed by atoms with Crippen LogP contribution in [-0.4, -0.2) is 63.9 Å². The van der Waals surface area contributed by atoms with Gasteiger partial charge in [0, 0.05) is 15.6 Å². The van der Waals surface area contributed by atoms with Gasteiger partial charge in [-0.05, 0) is 55.9 Å². The highest BCUT2D eigenvalue weighted by Crippen LogP contribution is 2.44. The summed E-state index contributed by atoms with van der Waals surface area (Å²) in [6.07, 6.45) is 3.92. The summed E-state index contributed by atoms with van der Waals surface area (Å²) in [5.41, 5.74) is -3.44. The number of likely N-dealkylation sites (tertiary alicyclic amines) is 1. The molecule has 2 N–H and O–H groups in total. The maximum absolute atomic E-state index is 14.7. The van der Waals surface area contributed by atoms with Gasteiger partial charge in [0.2, 0.25) is 11.8 Å². The van der Waals surface area contributed by atoms with Crippen LogP contribution in [0.3, 0.4) is 0 Å². The van der Waals surface area contributed by atoms with Crippen molar-refractivity contribution in [2.75, 3.05) is 25.0 Å². The zero-order valence-electron chi connectivity index (χ0n) is 24.5. The largest absolute Gasteiger partial charge is 0.416 e. The van der Waals surface area contributed by atoms with E-state index in [2.05, 4.69) is 10.4 Å². The monoisotopic (exact) mass is 655 g/mol. The minimum absolute atomic E-state index is 0. The van der Waals surface area contributed by atoms with Crippen molar-refractivity contribution in [3.63, 3.8) is 0 Å². The van der Waals surface area contributed by atoms with Gasteiger partial charge < -0.3 is 15.5 Å². The fourth-order valence-electron chi connectivity index (χ4n) is 5.02. The molecule has 1 saturated heterocycles. The minimum atomic E-state index is -5.21. The zero-order valence-corrected chi connectivity index (χ0v) is 24.5. The van der Waals surface area contributed by atoms with Gasteiger partial charge in [-0.15, -0.1) is 0 Å². The van der Waals surface area contributed by atoms with Crippen LogP contribution in [0, 0.1) is 17.7 Å². The molecule has 1 atom stereocenters. The smallest absolute Gasteiger partial charge is 0.342 e. The second-order valence-electron chi connectivity index (χ2n) is 11.6. The Kier molecular flexibility index (Phi) is 9.83. The van der Waals surface area contributed by atoms with E-state index in [0.717, 1.165) is 6.92 Å². The molecule has 45 heavy (non-hydrogen) atoms. The first-order valence-electron chi connectivity index (χ1n) is 14.5. The van der Waals surface area contributed by atoms with Crippen LogP contribution in [0.2, 0.25) is 0 Å². The van der Waals surface area contributed by atoms with Gasteiger partial charge >= 0.3 is 18.0 Å². The standard InChI is InChI=1S/C22H21F8N5O3.C7H12.2H2/c1-3-35-16(4-5-32-35)18(37)31-8-17(36)33-15-7-13(22(28,29)30)12(6-14(15)23)11(2)19(38)34-9-20(24,25)21(26,27)10-34;1-2-6(1)5-7-3-4-7;;/h4-7,11H,3,8-10H2,1-2H3,(H,31,37)(H,33,36);6-7H,1-5H2;2*1H. The number of hydrogen-bond acceptors (Lipinski definition) is 4. The Balaban J connectivity index is 0.000000743. The molecule has 1 aliphatic heterocycles. The van der Waals surface area contributed by atoms with Gasteiger partial charge in [-0.25, -0.2) is 4.39 Å². The number of carbonyl (C=O) groups excluding carboxylic acids is 3. The molecule has 2 heterocycles. The number of aromatic nitrogens is 2. The Morgan fingerprint density at radius 3 is 2.13 bits per heavy atom. The highest BCUT2D eigenvalue weighted by molar-refractivity contribution is 5.98. The molecule has 0 spiro atoms. The van der Waals surface area contributed by atoms with E-state index in [0.29, 0.717) is 6.54 Å². The average Bonchev–Trinajstić information content (AvgIpc) is 3.89. The molecule has 2 aliphatic carbocycles. The van der Waals surface area contributed by atoms with E-state index in [1.54, 1.807) is 39.0 Å². The second kappa shape index (κ2) is 12.9. The number of amides is 3. The molecule has 5 rings (SSSR count). The van der Waals surface area contributed by atoms with Crippen LogP contribution in [0.25, 0.3) is 0 Å². The lowest BCUT2D eigenvalue weighted by atomic mass is 9.93. The fraction of sp³-hybridized carbons (Fsp3) is 0.586. The number of nitrogens with one attached hydrogen (secondary N) is 2. The Hall–Kier alpha value is -3.72. The fourth-order valence-corrected chi connectivity index (χ4v) is 5.02. The molecule has 16 heteroatoms. The average molecular weight is 656 g/mol. The summed E-state index contributed by atoms with van der Waals surface area (Å²) in [4.78, 5) is 36.9. The van der Waals surface area contributed by atoms with Crippen molar-refractivity contribution >= 4 is 23.4 Å². The molecule has 0 bridgehead atoms. The summed E-state index contributed by atoms with van der Waals surface area (Å²) >= 11 is 0. The number of halogens is 8. The van der Waals surface area contributed by atoms with Crippen molar-refractivity contribution in [1.82, 2.24) is 20.0 Å². The van der Waals surface area contributed by atoms with Gasteiger partial charge in [-0.1, -0.05) is 25.7 Å². The third kappa shape index (κ3) is 8.31. The van der Waals surface area contributed by atoms with E-state index in [1.807, 2.05) is 5.32 Å². The van der Waals surface area contributed by atoms with Crippen LogP contribution in [0.5, 0.6) is 0 Å². The summed E-state index contributed by atoms with van der Waals surface area (Å²) in [6, 6.07) is 1.82. The number of benzene rings is 1. The maximum Gasteiger partial charge on any atom is 0.416 e. The first-order valence-corrected chi connectivity index (χ1v) is 14.5. The number of hydrogen-bond donors (Lipinski definition) is 2. The summed E-state index contributed by atoms with van der Waals surface area (Å²) in [7, 11) is 0. The minimum Gasteiger partial charge on any atom is -0.342 e. The van der Waals surface area contributed by atoms with E-state index in [-0.39, 0.29) is 25.6 Å². The number of alkyl halides is 7. The Morgan fingerprint density at radius 1 is 1.04 bits per heavy atom. The summed E-state index contributed by atoms with van der Waals surface area (Å²) in [6.45, 7) is -1.31. The zero-order chi connectivity index (χ0) is 33.3. The maximum atomic E-state index is 14.7. The first kappa shape index (κ1) is 34.2. The number of carbonyl (C=O) groups is 3.